The van der Waals surface area contributed by atoms with Crippen LogP contribution in [0.4, 0.5) is 0 Å². The Kier molecular flexibility index (Phi) is 3.94. The topological polar surface area (TPSA) is 40.7 Å². The molecule has 1 heterocycles. The van der Waals surface area contributed by atoms with Crippen LogP contribution < -0.4 is 5.32 Å². The van der Waals surface area contributed by atoms with Gasteiger partial charge >= 0.3 is 0 Å². The van der Waals surface area contributed by atoms with Crippen LogP contribution >= 0.6 is 15.9 Å². The van der Waals surface area contributed by atoms with Crippen molar-refractivity contribution in [2.75, 3.05) is 6.54 Å². The third kappa shape index (κ3) is 2.67. The molecule has 0 spiro atoms. The van der Waals surface area contributed by atoms with Crippen molar-refractivity contribution in [2.24, 2.45) is 0 Å². The van der Waals surface area contributed by atoms with Gasteiger partial charge in [0.2, 0.25) is 0 Å². The zero-order valence-electron chi connectivity index (χ0n) is 12.0. The van der Waals surface area contributed by atoms with E-state index in [-0.39, 0.29) is 0 Å². The number of rotatable bonds is 5. The van der Waals surface area contributed by atoms with Gasteiger partial charge in [0, 0.05) is 34.6 Å². The SMILES string of the molecule is CC(C)NCCCc1nc2c([nH]1)Cc1c(Br)cccc1-2. The van der Waals surface area contributed by atoms with Gasteiger partial charge in [-0.2, -0.15) is 0 Å². The second kappa shape index (κ2) is 5.70. The first-order valence-electron chi connectivity index (χ1n) is 7.24. The molecule has 2 aromatic rings. The van der Waals surface area contributed by atoms with E-state index in [2.05, 4.69) is 58.3 Å². The fourth-order valence-electron chi connectivity index (χ4n) is 2.72. The molecule has 0 fully saturated rings. The van der Waals surface area contributed by atoms with Crippen molar-refractivity contribution in [3.8, 4) is 11.3 Å². The Morgan fingerprint density at radius 2 is 2.25 bits per heavy atom. The molecule has 0 radical (unpaired) electrons. The molecule has 0 atom stereocenters. The number of hydrogen-bond donors (Lipinski definition) is 2. The van der Waals surface area contributed by atoms with Crippen molar-refractivity contribution in [3.05, 3.63) is 39.8 Å². The van der Waals surface area contributed by atoms with Crippen molar-refractivity contribution in [3.63, 3.8) is 0 Å². The zero-order valence-corrected chi connectivity index (χ0v) is 13.5. The number of halogens is 1. The third-order valence-electron chi connectivity index (χ3n) is 3.70. The number of benzene rings is 1. The Hall–Kier alpha value is -1.13. The standard InChI is InChI=1S/C16H20BrN3/c1-10(2)18-8-4-7-15-19-14-9-12-11(16(14)20-15)5-3-6-13(12)17/h3,5-6,10,18H,4,7-9H2,1-2H3,(H,19,20). The van der Waals surface area contributed by atoms with Crippen molar-refractivity contribution in [2.45, 2.75) is 39.2 Å². The van der Waals surface area contributed by atoms with E-state index in [1.807, 2.05) is 0 Å². The summed E-state index contributed by atoms with van der Waals surface area (Å²) >= 11 is 3.62. The number of nitrogens with zero attached hydrogens (tertiary/aromatic N) is 1. The Labute approximate surface area is 128 Å². The maximum atomic E-state index is 4.79. The summed E-state index contributed by atoms with van der Waals surface area (Å²) < 4.78 is 1.18. The van der Waals surface area contributed by atoms with E-state index >= 15 is 0 Å². The Bertz CT molecular complexity index is 616. The number of H-pyrrole nitrogens is 1. The summed E-state index contributed by atoms with van der Waals surface area (Å²) in [5, 5.41) is 3.44. The van der Waals surface area contributed by atoms with Crippen LogP contribution in [0.5, 0.6) is 0 Å². The van der Waals surface area contributed by atoms with Gasteiger partial charge in [0.25, 0.3) is 0 Å². The lowest BCUT2D eigenvalue weighted by Gasteiger charge is -2.06. The van der Waals surface area contributed by atoms with Crippen molar-refractivity contribution < 1.29 is 0 Å². The number of aromatic nitrogens is 2. The summed E-state index contributed by atoms with van der Waals surface area (Å²) in [7, 11) is 0. The van der Waals surface area contributed by atoms with Crippen LogP contribution in [0, 0.1) is 0 Å². The van der Waals surface area contributed by atoms with E-state index in [0.29, 0.717) is 6.04 Å². The van der Waals surface area contributed by atoms with Crippen LogP contribution in [0.2, 0.25) is 0 Å². The fraction of sp³-hybridized carbons (Fsp3) is 0.438. The lowest BCUT2D eigenvalue weighted by atomic mass is 10.1. The molecule has 3 nitrogen and oxygen atoms in total. The number of hydrogen-bond acceptors (Lipinski definition) is 2. The smallest absolute Gasteiger partial charge is 0.107 e. The highest BCUT2D eigenvalue weighted by Gasteiger charge is 2.24. The van der Waals surface area contributed by atoms with Crippen LogP contribution in [-0.4, -0.2) is 22.6 Å². The van der Waals surface area contributed by atoms with Gasteiger partial charge in [-0.3, -0.25) is 0 Å². The van der Waals surface area contributed by atoms with E-state index in [1.54, 1.807) is 0 Å². The molecule has 1 aromatic heterocycles. The molecule has 20 heavy (non-hydrogen) atoms. The molecule has 0 amide bonds. The first-order valence-corrected chi connectivity index (χ1v) is 8.03. The number of aryl methyl sites for hydroxylation is 1. The molecule has 0 unspecified atom stereocenters. The molecule has 1 aromatic carbocycles. The largest absolute Gasteiger partial charge is 0.345 e. The van der Waals surface area contributed by atoms with E-state index in [0.717, 1.165) is 37.3 Å². The second-order valence-electron chi connectivity index (χ2n) is 5.67. The highest BCUT2D eigenvalue weighted by atomic mass is 79.9. The number of imidazole rings is 1. The van der Waals surface area contributed by atoms with E-state index in [9.17, 15) is 0 Å². The predicted molar refractivity (Wildman–Crippen MR) is 86.0 cm³/mol. The van der Waals surface area contributed by atoms with E-state index in [1.165, 1.54) is 21.3 Å². The maximum absolute atomic E-state index is 4.79. The van der Waals surface area contributed by atoms with Gasteiger partial charge < -0.3 is 10.3 Å². The highest BCUT2D eigenvalue weighted by molar-refractivity contribution is 9.10. The molecule has 4 heteroatoms. The van der Waals surface area contributed by atoms with Gasteiger partial charge in [0.15, 0.2) is 0 Å². The van der Waals surface area contributed by atoms with Crippen LogP contribution in [0.1, 0.15) is 37.4 Å². The van der Waals surface area contributed by atoms with Crippen LogP contribution in [-0.2, 0) is 12.8 Å². The summed E-state index contributed by atoms with van der Waals surface area (Å²) in [6, 6.07) is 6.90. The van der Waals surface area contributed by atoms with Crippen molar-refractivity contribution >= 4 is 15.9 Å². The molecule has 0 saturated heterocycles. The number of nitrogens with one attached hydrogen (secondary N) is 2. The molecular weight excluding hydrogens is 314 g/mol. The molecule has 1 aliphatic carbocycles. The van der Waals surface area contributed by atoms with Gasteiger partial charge in [0.05, 0.1) is 5.69 Å². The van der Waals surface area contributed by atoms with Crippen LogP contribution in [0.3, 0.4) is 0 Å². The van der Waals surface area contributed by atoms with Crippen molar-refractivity contribution in [1.82, 2.24) is 15.3 Å². The van der Waals surface area contributed by atoms with Crippen LogP contribution in [0.25, 0.3) is 11.3 Å². The zero-order chi connectivity index (χ0) is 14.1. The number of aromatic amines is 1. The average molecular weight is 334 g/mol. The van der Waals surface area contributed by atoms with Gasteiger partial charge in [-0.15, -0.1) is 0 Å². The molecule has 1 aliphatic rings. The molecule has 0 aliphatic heterocycles. The fourth-order valence-corrected chi connectivity index (χ4v) is 3.22. The van der Waals surface area contributed by atoms with Crippen LogP contribution in [0.15, 0.2) is 22.7 Å². The summed E-state index contributed by atoms with van der Waals surface area (Å²) in [6.07, 6.45) is 3.09. The lowest BCUT2D eigenvalue weighted by molar-refractivity contribution is 0.566. The minimum absolute atomic E-state index is 0.556. The van der Waals surface area contributed by atoms with Crippen molar-refractivity contribution in [1.29, 1.82) is 0 Å². The predicted octanol–water partition coefficient (Wildman–Crippen LogP) is 3.67. The van der Waals surface area contributed by atoms with Gasteiger partial charge in [-0.1, -0.05) is 41.9 Å². The molecule has 3 rings (SSSR count). The number of fused-ring (bicyclic) bond motifs is 3. The molecule has 106 valence electrons. The Balaban J connectivity index is 1.70. The quantitative estimate of drug-likeness (QED) is 0.699. The highest BCUT2D eigenvalue weighted by Crippen LogP contribution is 2.38. The Morgan fingerprint density at radius 1 is 1.40 bits per heavy atom. The Morgan fingerprint density at radius 3 is 3.05 bits per heavy atom. The van der Waals surface area contributed by atoms with E-state index < -0.39 is 0 Å². The minimum Gasteiger partial charge on any atom is -0.345 e. The summed E-state index contributed by atoms with van der Waals surface area (Å²) in [5.41, 5.74) is 5.04. The van der Waals surface area contributed by atoms with E-state index in [4.69, 9.17) is 4.98 Å². The normalized spacial score (nSPS) is 12.8. The molecule has 2 N–H and O–H groups in total. The average Bonchev–Trinajstić information content (AvgIpc) is 2.93. The van der Waals surface area contributed by atoms with Gasteiger partial charge in [-0.25, -0.2) is 4.98 Å². The minimum atomic E-state index is 0.556. The summed E-state index contributed by atoms with van der Waals surface area (Å²) in [4.78, 5) is 8.28. The lowest BCUT2D eigenvalue weighted by Crippen LogP contribution is -2.24. The van der Waals surface area contributed by atoms with Gasteiger partial charge in [-0.05, 0) is 24.6 Å². The maximum Gasteiger partial charge on any atom is 0.107 e. The summed E-state index contributed by atoms with van der Waals surface area (Å²) in [6.45, 7) is 5.40. The second-order valence-corrected chi connectivity index (χ2v) is 6.52. The van der Waals surface area contributed by atoms with Gasteiger partial charge in [0.1, 0.15) is 5.82 Å². The monoisotopic (exact) mass is 333 g/mol. The molecule has 0 bridgehead atoms. The third-order valence-corrected chi connectivity index (χ3v) is 4.44. The molecular formula is C16H20BrN3. The summed E-state index contributed by atoms with van der Waals surface area (Å²) in [5.74, 6) is 1.12. The first kappa shape index (κ1) is 13.8. The first-order chi connectivity index (χ1) is 9.65. The molecule has 0 saturated carbocycles.